The summed E-state index contributed by atoms with van der Waals surface area (Å²) in [6, 6.07) is 24.9. The Labute approximate surface area is 230 Å². The number of nitrogens with zero attached hydrogens (tertiary/aromatic N) is 2. The molecule has 1 aliphatic heterocycles. The second kappa shape index (κ2) is 13.2. The Morgan fingerprint density at radius 3 is 2.10 bits per heavy atom. The Kier molecular flexibility index (Phi) is 9.49. The van der Waals surface area contributed by atoms with Crippen LogP contribution >= 0.6 is 0 Å². The van der Waals surface area contributed by atoms with Crippen molar-refractivity contribution in [3.63, 3.8) is 0 Å². The van der Waals surface area contributed by atoms with Gasteiger partial charge in [-0.3, -0.25) is 19.3 Å². The van der Waals surface area contributed by atoms with Crippen LogP contribution in [-0.4, -0.2) is 47.4 Å². The van der Waals surface area contributed by atoms with Gasteiger partial charge in [0.05, 0.1) is 23.2 Å². The van der Waals surface area contributed by atoms with Crippen LogP contribution in [0.3, 0.4) is 0 Å². The van der Waals surface area contributed by atoms with Crippen LogP contribution in [0.25, 0.3) is 0 Å². The van der Waals surface area contributed by atoms with Gasteiger partial charge in [-0.25, -0.2) is 0 Å². The van der Waals surface area contributed by atoms with E-state index in [1.165, 1.54) is 4.90 Å². The zero-order valence-electron chi connectivity index (χ0n) is 22.5. The molecule has 39 heavy (non-hydrogen) atoms. The second-order valence-electron chi connectivity index (χ2n) is 10.2. The van der Waals surface area contributed by atoms with E-state index in [1.54, 1.807) is 11.8 Å². The number of carbonyl (C=O) groups is 3. The van der Waals surface area contributed by atoms with E-state index in [0.717, 1.165) is 48.8 Å². The molecule has 0 aliphatic carbocycles. The van der Waals surface area contributed by atoms with Crippen molar-refractivity contribution in [1.82, 2.24) is 4.90 Å². The second-order valence-corrected chi connectivity index (χ2v) is 10.2. The lowest BCUT2D eigenvalue weighted by Crippen LogP contribution is -2.43. The van der Waals surface area contributed by atoms with E-state index in [2.05, 4.69) is 0 Å². The smallest absolute Gasteiger partial charge is 0.308 e. The van der Waals surface area contributed by atoms with E-state index >= 15 is 0 Å². The number of aliphatic carboxylic acids is 1. The zero-order chi connectivity index (χ0) is 27.8. The number of carboxylic acid groups (broad SMARTS) is 1. The predicted octanol–water partition coefficient (Wildman–Crippen LogP) is 5.05. The monoisotopic (exact) mass is 527 g/mol. The molecule has 0 spiro atoms. The molecule has 0 saturated heterocycles. The van der Waals surface area contributed by atoms with E-state index in [9.17, 15) is 19.5 Å². The van der Waals surface area contributed by atoms with Crippen molar-refractivity contribution in [2.75, 3.05) is 24.5 Å². The van der Waals surface area contributed by atoms with Gasteiger partial charge in [0.15, 0.2) is 0 Å². The normalized spacial score (nSPS) is 14.3. The number of anilines is 1. The molecule has 3 N–H and O–H groups in total. The van der Waals surface area contributed by atoms with Crippen molar-refractivity contribution in [2.24, 2.45) is 11.7 Å². The molecule has 1 atom stereocenters. The summed E-state index contributed by atoms with van der Waals surface area (Å²) < 4.78 is 0. The number of aryl methyl sites for hydroxylation is 1. The summed E-state index contributed by atoms with van der Waals surface area (Å²) in [4.78, 5) is 42.6. The van der Waals surface area contributed by atoms with Crippen LogP contribution in [0.4, 0.5) is 5.69 Å². The molecule has 3 aromatic carbocycles. The average molecular weight is 528 g/mol. The van der Waals surface area contributed by atoms with Crippen molar-refractivity contribution in [3.8, 4) is 0 Å². The van der Waals surface area contributed by atoms with Crippen molar-refractivity contribution in [2.45, 2.75) is 45.1 Å². The Morgan fingerprint density at radius 1 is 0.897 bits per heavy atom. The van der Waals surface area contributed by atoms with Crippen molar-refractivity contribution < 1.29 is 19.5 Å². The Morgan fingerprint density at radius 2 is 1.51 bits per heavy atom. The molecule has 7 heteroatoms. The van der Waals surface area contributed by atoms with E-state index in [1.807, 2.05) is 78.9 Å². The van der Waals surface area contributed by atoms with Crippen molar-refractivity contribution in [1.29, 1.82) is 0 Å². The number of nitrogens with two attached hydrogens (primary N) is 1. The van der Waals surface area contributed by atoms with Crippen LogP contribution in [0, 0.1) is 5.92 Å². The molecule has 0 saturated carbocycles. The molecule has 3 aromatic rings. The number of rotatable bonds is 12. The number of fused-ring (bicyclic) bond motifs is 1. The van der Waals surface area contributed by atoms with E-state index in [-0.39, 0.29) is 24.9 Å². The highest BCUT2D eigenvalue weighted by Gasteiger charge is 2.37. The summed E-state index contributed by atoms with van der Waals surface area (Å²) in [5, 5.41) is 9.53. The molecule has 1 heterocycles. The Balaban J connectivity index is 1.79. The highest BCUT2D eigenvalue weighted by Crippen LogP contribution is 2.38. The minimum absolute atomic E-state index is 0.0438. The first-order valence-electron chi connectivity index (χ1n) is 13.7. The lowest BCUT2D eigenvalue weighted by atomic mass is 9.95. The summed E-state index contributed by atoms with van der Waals surface area (Å²) in [5.41, 5.74) is 9.45. The quantitative estimate of drug-likeness (QED) is 0.321. The maximum absolute atomic E-state index is 14.0. The molecule has 2 amide bonds. The zero-order valence-corrected chi connectivity index (χ0v) is 22.5. The summed E-state index contributed by atoms with van der Waals surface area (Å²) in [6.45, 7) is 2.00. The fraction of sp³-hybridized carbons (Fsp3) is 0.344. The van der Waals surface area contributed by atoms with Gasteiger partial charge in [-0.15, -0.1) is 0 Å². The molecular formula is C32H37N3O4. The number of benzene rings is 3. The maximum atomic E-state index is 14.0. The van der Waals surface area contributed by atoms with Gasteiger partial charge in [0.1, 0.15) is 6.54 Å². The van der Waals surface area contributed by atoms with Gasteiger partial charge in [0, 0.05) is 6.54 Å². The van der Waals surface area contributed by atoms with E-state index < -0.39 is 17.9 Å². The maximum Gasteiger partial charge on any atom is 0.308 e. The fourth-order valence-electron chi connectivity index (χ4n) is 5.16. The van der Waals surface area contributed by atoms with Gasteiger partial charge in [-0.2, -0.15) is 0 Å². The van der Waals surface area contributed by atoms with Crippen LogP contribution in [0.5, 0.6) is 0 Å². The lowest BCUT2D eigenvalue weighted by molar-refractivity contribution is -0.141. The number of unbranched alkanes of at least 4 members (excludes halogenated alkanes) is 3. The highest BCUT2D eigenvalue weighted by atomic mass is 16.4. The third-order valence-corrected chi connectivity index (χ3v) is 7.26. The standard InChI is InChI=1S/C32H37N3O4/c1-23(32(38)39)21-34-22-29(36)35(30(25-13-7-4-8-14-25)26-15-9-5-10-16-26)28-18-17-24(20-27(28)31(34)37)12-6-2-3-11-19-33/h4-5,7-10,13-18,20,23,30H,2-3,6,11-12,19,21-22,33H2,1H3,(H,38,39). The van der Waals surface area contributed by atoms with Gasteiger partial charge in [-0.1, -0.05) is 86.5 Å². The topological polar surface area (TPSA) is 104 Å². The highest BCUT2D eigenvalue weighted by molar-refractivity contribution is 6.10. The first-order chi connectivity index (χ1) is 18.9. The summed E-state index contributed by atoms with van der Waals surface area (Å²) in [5.74, 6) is -2.39. The summed E-state index contributed by atoms with van der Waals surface area (Å²) in [6.07, 6.45) is 4.91. The van der Waals surface area contributed by atoms with Crippen LogP contribution in [-0.2, 0) is 16.0 Å². The number of hydrogen-bond donors (Lipinski definition) is 2. The van der Waals surface area contributed by atoms with Gasteiger partial charge in [-0.05, 0) is 54.6 Å². The van der Waals surface area contributed by atoms with Crippen LogP contribution < -0.4 is 10.6 Å². The van der Waals surface area contributed by atoms with Crippen LogP contribution in [0.1, 0.15) is 65.7 Å². The number of amides is 2. The van der Waals surface area contributed by atoms with Crippen molar-refractivity contribution >= 4 is 23.5 Å². The van der Waals surface area contributed by atoms with E-state index in [4.69, 9.17) is 5.73 Å². The van der Waals surface area contributed by atoms with E-state index in [0.29, 0.717) is 17.8 Å². The Bertz CT molecular complexity index is 1240. The largest absolute Gasteiger partial charge is 0.481 e. The number of hydrogen-bond acceptors (Lipinski definition) is 4. The predicted molar refractivity (Wildman–Crippen MR) is 153 cm³/mol. The Hall–Kier alpha value is -3.97. The number of carboxylic acids is 1. The van der Waals surface area contributed by atoms with Gasteiger partial charge in [0.25, 0.3) is 5.91 Å². The summed E-state index contributed by atoms with van der Waals surface area (Å²) >= 11 is 0. The molecular weight excluding hydrogens is 490 g/mol. The molecule has 0 fully saturated rings. The minimum atomic E-state index is -1.01. The first kappa shape index (κ1) is 28.0. The molecule has 1 unspecified atom stereocenters. The molecule has 0 radical (unpaired) electrons. The van der Waals surface area contributed by atoms with Gasteiger partial charge < -0.3 is 15.7 Å². The van der Waals surface area contributed by atoms with Gasteiger partial charge in [0.2, 0.25) is 5.91 Å². The number of carbonyl (C=O) groups excluding carboxylic acids is 2. The fourth-order valence-corrected chi connectivity index (χ4v) is 5.16. The third kappa shape index (κ3) is 6.73. The molecule has 0 bridgehead atoms. The SMILES string of the molecule is CC(CN1CC(=O)N(C(c2ccccc2)c2ccccc2)c2ccc(CCCCCCN)cc2C1=O)C(=O)O. The first-order valence-corrected chi connectivity index (χ1v) is 13.7. The summed E-state index contributed by atoms with van der Waals surface area (Å²) in [7, 11) is 0. The molecule has 204 valence electrons. The van der Waals surface area contributed by atoms with Crippen molar-refractivity contribution in [3.05, 3.63) is 101 Å². The average Bonchev–Trinajstić information content (AvgIpc) is 3.04. The minimum Gasteiger partial charge on any atom is -0.481 e. The van der Waals surface area contributed by atoms with Crippen LogP contribution in [0.15, 0.2) is 78.9 Å². The molecule has 7 nitrogen and oxygen atoms in total. The van der Waals surface area contributed by atoms with Gasteiger partial charge >= 0.3 is 5.97 Å². The molecule has 1 aliphatic rings. The molecule has 4 rings (SSSR count). The molecule has 0 aromatic heterocycles. The lowest BCUT2D eigenvalue weighted by Gasteiger charge is -2.33. The van der Waals surface area contributed by atoms with Crippen LogP contribution in [0.2, 0.25) is 0 Å². The third-order valence-electron chi connectivity index (χ3n) is 7.26.